The van der Waals surface area contributed by atoms with E-state index >= 15 is 0 Å². The highest BCUT2D eigenvalue weighted by atomic mass is 16.4. The van der Waals surface area contributed by atoms with E-state index < -0.39 is 11.9 Å². The summed E-state index contributed by atoms with van der Waals surface area (Å²) in [6.07, 6.45) is 4.87. The van der Waals surface area contributed by atoms with E-state index in [0.29, 0.717) is 12.3 Å². The van der Waals surface area contributed by atoms with Crippen molar-refractivity contribution < 1.29 is 14.7 Å². The lowest BCUT2D eigenvalue weighted by Gasteiger charge is -2.20. The number of rotatable bonds is 9. The molecule has 3 unspecified atom stereocenters. The van der Waals surface area contributed by atoms with Gasteiger partial charge in [0.05, 0.1) is 5.92 Å². The molecule has 106 valence electrons. The Hall–Kier alpha value is -1.06. The summed E-state index contributed by atoms with van der Waals surface area (Å²) in [5.74, 6) is -1.04. The van der Waals surface area contributed by atoms with Gasteiger partial charge in [-0.1, -0.05) is 33.1 Å². The van der Waals surface area contributed by atoms with Gasteiger partial charge in [0.25, 0.3) is 0 Å². The third-order valence-electron chi connectivity index (χ3n) is 3.55. The van der Waals surface area contributed by atoms with Gasteiger partial charge in [0.1, 0.15) is 0 Å². The number of nitrogens with one attached hydrogen (secondary N) is 1. The fourth-order valence-electron chi connectivity index (χ4n) is 1.86. The molecule has 0 aromatic rings. The number of aliphatic carboxylic acids is 1. The SMILES string of the molecule is CCCCC(CC)CC(=O)NC(C)C(C)C(=O)O. The summed E-state index contributed by atoms with van der Waals surface area (Å²) >= 11 is 0. The summed E-state index contributed by atoms with van der Waals surface area (Å²) in [6.45, 7) is 7.59. The van der Waals surface area contributed by atoms with Gasteiger partial charge in [0.15, 0.2) is 0 Å². The maximum absolute atomic E-state index is 11.8. The lowest BCUT2D eigenvalue weighted by molar-refractivity contribution is -0.142. The third kappa shape index (κ3) is 6.62. The Kier molecular flexibility index (Phi) is 8.42. The third-order valence-corrected chi connectivity index (χ3v) is 3.55. The average molecular weight is 257 g/mol. The molecule has 18 heavy (non-hydrogen) atoms. The normalized spacial score (nSPS) is 15.8. The van der Waals surface area contributed by atoms with Crippen molar-refractivity contribution in [1.82, 2.24) is 5.32 Å². The van der Waals surface area contributed by atoms with Crippen LogP contribution >= 0.6 is 0 Å². The molecule has 0 aromatic carbocycles. The molecule has 0 fully saturated rings. The van der Waals surface area contributed by atoms with Crippen molar-refractivity contribution in [3.05, 3.63) is 0 Å². The van der Waals surface area contributed by atoms with E-state index in [1.807, 2.05) is 0 Å². The summed E-state index contributed by atoms with van der Waals surface area (Å²) in [6, 6.07) is -0.321. The molecule has 0 saturated carbocycles. The molecule has 0 aliphatic rings. The van der Waals surface area contributed by atoms with Gasteiger partial charge < -0.3 is 10.4 Å². The van der Waals surface area contributed by atoms with Crippen LogP contribution in [0.4, 0.5) is 0 Å². The number of carboxylic acids is 1. The smallest absolute Gasteiger partial charge is 0.308 e. The summed E-state index contributed by atoms with van der Waals surface area (Å²) in [5, 5.41) is 11.6. The molecular formula is C14H27NO3. The number of carbonyl (C=O) groups is 2. The Labute approximate surface area is 110 Å². The highest BCUT2D eigenvalue weighted by Gasteiger charge is 2.21. The van der Waals surface area contributed by atoms with Gasteiger partial charge in [0.2, 0.25) is 5.91 Å². The van der Waals surface area contributed by atoms with Crippen molar-refractivity contribution in [2.75, 3.05) is 0 Å². The molecule has 2 N–H and O–H groups in total. The van der Waals surface area contributed by atoms with Crippen LogP contribution in [0, 0.1) is 11.8 Å². The predicted molar refractivity (Wildman–Crippen MR) is 72.3 cm³/mol. The Balaban J connectivity index is 4.11. The van der Waals surface area contributed by atoms with Crippen LogP contribution in [0.2, 0.25) is 0 Å². The van der Waals surface area contributed by atoms with E-state index in [2.05, 4.69) is 19.2 Å². The van der Waals surface area contributed by atoms with E-state index in [0.717, 1.165) is 25.7 Å². The van der Waals surface area contributed by atoms with E-state index in [-0.39, 0.29) is 11.9 Å². The van der Waals surface area contributed by atoms with Crippen LogP contribution in [0.5, 0.6) is 0 Å². The monoisotopic (exact) mass is 257 g/mol. The molecule has 3 atom stereocenters. The molecule has 0 saturated heterocycles. The Morgan fingerprint density at radius 2 is 1.83 bits per heavy atom. The summed E-state index contributed by atoms with van der Waals surface area (Å²) in [5.41, 5.74) is 0. The minimum Gasteiger partial charge on any atom is -0.481 e. The number of hydrogen-bond donors (Lipinski definition) is 2. The van der Waals surface area contributed by atoms with E-state index in [4.69, 9.17) is 5.11 Å². The fraction of sp³-hybridized carbons (Fsp3) is 0.857. The second kappa shape index (κ2) is 8.95. The van der Waals surface area contributed by atoms with E-state index in [1.165, 1.54) is 0 Å². The quantitative estimate of drug-likeness (QED) is 0.667. The largest absolute Gasteiger partial charge is 0.481 e. The van der Waals surface area contributed by atoms with Crippen LogP contribution in [-0.4, -0.2) is 23.0 Å². The molecule has 0 heterocycles. The number of amides is 1. The zero-order valence-corrected chi connectivity index (χ0v) is 12.0. The van der Waals surface area contributed by atoms with Crippen LogP contribution in [0.25, 0.3) is 0 Å². The first-order valence-corrected chi connectivity index (χ1v) is 6.94. The Bertz CT molecular complexity index is 266. The van der Waals surface area contributed by atoms with Crippen LogP contribution in [0.3, 0.4) is 0 Å². The number of carbonyl (C=O) groups excluding carboxylic acids is 1. The molecular weight excluding hydrogens is 230 g/mol. The first-order valence-electron chi connectivity index (χ1n) is 6.94. The predicted octanol–water partition coefficient (Wildman–Crippen LogP) is 2.82. The van der Waals surface area contributed by atoms with Gasteiger partial charge >= 0.3 is 5.97 Å². The molecule has 0 bridgehead atoms. The lowest BCUT2D eigenvalue weighted by Crippen LogP contribution is -2.40. The first kappa shape index (κ1) is 16.9. The average Bonchev–Trinajstić information content (AvgIpc) is 2.32. The highest BCUT2D eigenvalue weighted by molar-refractivity contribution is 5.78. The van der Waals surface area contributed by atoms with Crippen LogP contribution < -0.4 is 5.32 Å². The molecule has 0 radical (unpaired) electrons. The Morgan fingerprint density at radius 3 is 2.28 bits per heavy atom. The zero-order valence-electron chi connectivity index (χ0n) is 12.0. The van der Waals surface area contributed by atoms with Gasteiger partial charge in [-0.2, -0.15) is 0 Å². The fourth-order valence-corrected chi connectivity index (χ4v) is 1.86. The van der Waals surface area contributed by atoms with E-state index in [9.17, 15) is 9.59 Å². The summed E-state index contributed by atoms with van der Waals surface area (Å²) in [4.78, 5) is 22.6. The van der Waals surface area contributed by atoms with Crippen LogP contribution in [0.15, 0.2) is 0 Å². The second-order valence-electron chi connectivity index (χ2n) is 5.10. The first-order chi connectivity index (χ1) is 8.42. The van der Waals surface area contributed by atoms with Crippen molar-refractivity contribution in [2.24, 2.45) is 11.8 Å². The molecule has 4 nitrogen and oxygen atoms in total. The molecule has 4 heteroatoms. The minimum absolute atomic E-state index is 0.0291. The minimum atomic E-state index is -0.874. The van der Waals surface area contributed by atoms with Gasteiger partial charge in [-0.25, -0.2) is 0 Å². The molecule has 0 aromatic heterocycles. The van der Waals surface area contributed by atoms with Crippen LogP contribution in [0.1, 0.15) is 59.8 Å². The number of unbranched alkanes of at least 4 members (excludes halogenated alkanes) is 1. The molecule has 0 rings (SSSR count). The molecule has 0 aliphatic heterocycles. The summed E-state index contributed by atoms with van der Waals surface area (Å²) < 4.78 is 0. The second-order valence-corrected chi connectivity index (χ2v) is 5.10. The summed E-state index contributed by atoms with van der Waals surface area (Å²) in [7, 11) is 0. The topological polar surface area (TPSA) is 66.4 Å². The zero-order chi connectivity index (χ0) is 14.1. The molecule has 0 aliphatic carbocycles. The maximum atomic E-state index is 11.8. The standard InChI is InChI=1S/C14H27NO3/c1-5-7-8-12(6-2)9-13(16)15-11(4)10(3)14(17)18/h10-12H,5-9H2,1-4H3,(H,15,16)(H,17,18). The number of carboxylic acid groups (broad SMARTS) is 1. The maximum Gasteiger partial charge on any atom is 0.308 e. The van der Waals surface area contributed by atoms with Gasteiger partial charge in [-0.15, -0.1) is 0 Å². The van der Waals surface area contributed by atoms with Gasteiger partial charge in [0, 0.05) is 12.5 Å². The lowest BCUT2D eigenvalue weighted by atomic mass is 9.95. The molecule has 1 amide bonds. The van der Waals surface area contributed by atoms with E-state index in [1.54, 1.807) is 13.8 Å². The molecule has 0 spiro atoms. The van der Waals surface area contributed by atoms with Crippen molar-refractivity contribution in [2.45, 2.75) is 65.8 Å². The van der Waals surface area contributed by atoms with Crippen molar-refractivity contribution in [3.8, 4) is 0 Å². The Morgan fingerprint density at radius 1 is 1.22 bits per heavy atom. The van der Waals surface area contributed by atoms with Crippen molar-refractivity contribution >= 4 is 11.9 Å². The van der Waals surface area contributed by atoms with Crippen molar-refractivity contribution in [3.63, 3.8) is 0 Å². The van der Waals surface area contributed by atoms with Gasteiger partial charge in [-0.05, 0) is 26.2 Å². The van der Waals surface area contributed by atoms with Gasteiger partial charge in [-0.3, -0.25) is 9.59 Å². The highest BCUT2D eigenvalue weighted by Crippen LogP contribution is 2.16. The number of hydrogen-bond acceptors (Lipinski definition) is 2. The van der Waals surface area contributed by atoms with Crippen LogP contribution in [-0.2, 0) is 9.59 Å². The van der Waals surface area contributed by atoms with Crippen molar-refractivity contribution in [1.29, 1.82) is 0 Å².